The standard InChI is InChI=1S/C19H19ClN6O3S/c20-17-8-7-15(12-18(17)30(28,29)25-9-2-1-3-10-25)22-19(27)14-5-4-6-16(11-14)26-13-21-23-24-26/h4-8,11-13H,1-3,9-10H2,(H,22,27). The molecule has 0 aliphatic carbocycles. The van der Waals surface area contributed by atoms with Crippen molar-refractivity contribution in [2.75, 3.05) is 18.4 Å². The molecule has 1 N–H and O–H groups in total. The van der Waals surface area contributed by atoms with Crippen LogP contribution >= 0.6 is 11.6 Å². The van der Waals surface area contributed by atoms with E-state index in [0.717, 1.165) is 19.3 Å². The summed E-state index contributed by atoms with van der Waals surface area (Å²) in [5.41, 5.74) is 1.34. The van der Waals surface area contributed by atoms with Crippen molar-refractivity contribution in [3.05, 3.63) is 59.4 Å². The number of piperidine rings is 1. The van der Waals surface area contributed by atoms with E-state index in [1.165, 1.54) is 27.4 Å². The fourth-order valence-corrected chi connectivity index (χ4v) is 5.31. The zero-order valence-corrected chi connectivity index (χ0v) is 17.5. The number of rotatable bonds is 5. The molecule has 2 aromatic carbocycles. The second kappa shape index (κ2) is 8.50. The smallest absolute Gasteiger partial charge is 0.255 e. The first-order valence-corrected chi connectivity index (χ1v) is 11.2. The third-order valence-corrected chi connectivity index (χ3v) is 7.22. The molecule has 9 nitrogen and oxygen atoms in total. The van der Waals surface area contributed by atoms with Crippen molar-refractivity contribution in [2.24, 2.45) is 0 Å². The lowest BCUT2D eigenvalue weighted by Gasteiger charge is -2.26. The van der Waals surface area contributed by atoms with E-state index >= 15 is 0 Å². The van der Waals surface area contributed by atoms with E-state index in [-0.39, 0.29) is 9.92 Å². The molecular weight excluding hydrogens is 428 g/mol. The summed E-state index contributed by atoms with van der Waals surface area (Å²) >= 11 is 6.19. The Bertz CT molecular complexity index is 1160. The lowest BCUT2D eigenvalue weighted by molar-refractivity contribution is 0.102. The molecule has 1 fully saturated rings. The molecule has 30 heavy (non-hydrogen) atoms. The summed E-state index contributed by atoms with van der Waals surface area (Å²) in [4.78, 5) is 12.7. The summed E-state index contributed by atoms with van der Waals surface area (Å²) in [6.45, 7) is 0.943. The molecule has 0 bridgehead atoms. The van der Waals surface area contributed by atoms with Gasteiger partial charge in [-0.25, -0.2) is 13.1 Å². The fourth-order valence-electron chi connectivity index (χ4n) is 3.30. The maximum absolute atomic E-state index is 13.0. The highest BCUT2D eigenvalue weighted by Crippen LogP contribution is 2.29. The molecule has 0 saturated carbocycles. The third-order valence-electron chi connectivity index (χ3n) is 4.84. The summed E-state index contributed by atoms with van der Waals surface area (Å²) < 4.78 is 28.9. The number of benzene rings is 2. The average Bonchev–Trinajstić information content (AvgIpc) is 3.31. The van der Waals surface area contributed by atoms with Crippen LogP contribution in [0.4, 0.5) is 5.69 Å². The maximum Gasteiger partial charge on any atom is 0.255 e. The number of nitrogens with one attached hydrogen (secondary N) is 1. The van der Waals surface area contributed by atoms with Crippen LogP contribution in [0.5, 0.6) is 0 Å². The molecule has 1 saturated heterocycles. The van der Waals surface area contributed by atoms with Crippen LogP contribution in [-0.2, 0) is 10.0 Å². The lowest BCUT2D eigenvalue weighted by atomic mass is 10.2. The Morgan fingerprint density at radius 2 is 1.87 bits per heavy atom. The Morgan fingerprint density at radius 1 is 1.07 bits per heavy atom. The molecule has 1 aromatic heterocycles. The van der Waals surface area contributed by atoms with Crippen LogP contribution in [0.2, 0.25) is 5.02 Å². The van der Waals surface area contributed by atoms with Crippen LogP contribution in [0.1, 0.15) is 29.6 Å². The van der Waals surface area contributed by atoms with Crippen molar-refractivity contribution in [1.29, 1.82) is 0 Å². The molecule has 0 spiro atoms. The van der Waals surface area contributed by atoms with Gasteiger partial charge in [0.15, 0.2) is 0 Å². The molecule has 0 radical (unpaired) electrons. The van der Waals surface area contributed by atoms with Gasteiger partial charge in [0.1, 0.15) is 11.2 Å². The molecule has 3 aromatic rings. The maximum atomic E-state index is 13.0. The highest BCUT2D eigenvalue weighted by Gasteiger charge is 2.28. The second-order valence-corrected chi connectivity index (χ2v) is 9.18. The van der Waals surface area contributed by atoms with Gasteiger partial charge in [0.2, 0.25) is 10.0 Å². The van der Waals surface area contributed by atoms with Crippen LogP contribution < -0.4 is 5.32 Å². The number of carbonyl (C=O) groups excluding carboxylic acids is 1. The summed E-state index contributed by atoms with van der Waals surface area (Å²) in [7, 11) is -3.73. The normalized spacial score (nSPS) is 15.1. The predicted octanol–water partition coefficient (Wildman–Crippen LogP) is 2.74. The molecule has 1 aliphatic rings. The van der Waals surface area contributed by atoms with Gasteiger partial charge in [-0.3, -0.25) is 4.79 Å². The van der Waals surface area contributed by atoms with Crippen molar-refractivity contribution in [3.8, 4) is 5.69 Å². The number of aromatic nitrogens is 4. The minimum atomic E-state index is -3.73. The first kappa shape index (κ1) is 20.5. The molecular formula is C19H19ClN6O3S. The van der Waals surface area contributed by atoms with E-state index in [9.17, 15) is 13.2 Å². The largest absolute Gasteiger partial charge is 0.322 e. The van der Waals surface area contributed by atoms with Gasteiger partial charge < -0.3 is 5.32 Å². The Morgan fingerprint density at radius 3 is 2.60 bits per heavy atom. The highest BCUT2D eigenvalue weighted by molar-refractivity contribution is 7.89. The van der Waals surface area contributed by atoms with E-state index in [4.69, 9.17) is 11.6 Å². The molecule has 2 heterocycles. The first-order valence-electron chi connectivity index (χ1n) is 9.39. The number of sulfonamides is 1. The fraction of sp³-hybridized carbons (Fsp3) is 0.263. The minimum Gasteiger partial charge on any atom is -0.322 e. The summed E-state index contributed by atoms with van der Waals surface area (Å²) in [6, 6.07) is 11.2. The number of carbonyl (C=O) groups is 1. The second-order valence-electron chi connectivity index (χ2n) is 6.87. The van der Waals surface area contributed by atoms with Gasteiger partial charge in [-0.05, 0) is 59.7 Å². The van der Waals surface area contributed by atoms with E-state index in [0.29, 0.717) is 30.0 Å². The van der Waals surface area contributed by atoms with Gasteiger partial charge in [-0.15, -0.1) is 5.10 Å². The van der Waals surface area contributed by atoms with E-state index in [2.05, 4.69) is 20.8 Å². The van der Waals surface area contributed by atoms with Crippen LogP contribution in [0, 0.1) is 0 Å². The van der Waals surface area contributed by atoms with Gasteiger partial charge in [0.25, 0.3) is 5.91 Å². The Kier molecular flexibility index (Phi) is 5.80. The van der Waals surface area contributed by atoms with Crippen LogP contribution in [0.3, 0.4) is 0 Å². The average molecular weight is 447 g/mol. The molecule has 1 aliphatic heterocycles. The zero-order chi connectivity index (χ0) is 21.1. The lowest BCUT2D eigenvalue weighted by Crippen LogP contribution is -2.35. The minimum absolute atomic E-state index is 0.00805. The Labute approximate surface area is 178 Å². The first-order chi connectivity index (χ1) is 14.4. The summed E-state index contributed by atoms with van der Waals surface area (Å²) in [5.74, 6) is -0.395. The number of amides is 1. The number of anilines is 1. The molecule has 11 heteroatoms. The van der Waals surface area contributed by atoms with Crippen molar-refractivity contribution in [1.82, 2.24) is 24.5 Å². The molecule has 0 unspecified atom stereocenters. The number of halogens is 1. The van der Waals surface area contributed by atoms with Gasteiger partial charge in [-0.1, -0.05) is 24.1 Å². The van der Waals surface area contributed by atoms with E-state index in [1.807, 2.05) is 0 Å². The topological polar surface area (TPSA) is 110 Å². The van der Waals surface area contributed by atoms with E-state index in [1.54, 1.807) is 30.3 Å². The molecule has 4 rings (SSSR count). The Hall–Kier alpha value is -2.82. The van der Waals surface area contributed by atoms with Crippen molar-refractivity contribution in [3.63, 3.8) is 0 Å². The van der Waals surface area contributed by atoms with Gasteiger partial charge in [0, 0.05) is 24.3 Å². The number of hydrogen-bond donors (Lipinski definition) is 1. The number of hydrogen-bond acceptors (Lipinski definition) is 6. The van der Waals surface area contributed by atoms with Gasteiger partial charge in [-0.2, -0.15) is 4.31 Å². The number of tetrazole rings is 1. The SMILES string of the molecule is O=C(Nc1ccc(Cl)c(S(=O)(=O)N2CCCCC2)c1)c1cccc(-n2cnnn2)c1. The Balaban J connectivity index is 1.58. The van der Waals surface area contributed by atoms with Crippen molar-refractivity contribution in [2.45, 2.75) is 24.2 Å². The van der Waals surface area contributed by atoms with Gasteiger partial charge >= 0.3 is 0 Å². The third kappa shape index (κ3) is 4.20. The predicted molar refractivity (Wildman–Crippen MR) is 111 cm³/mol. The van der Waals surface area contributed by atoms with Crippen molar-refractivity contribution >= 4 is 33.2 Å². The van der Waals surface area contributed by atoms with Crippen molar-refractivity contribution < 1.29 is 13.2 Å². The van der Waals surface area contributed by atoms with Crippen LogP contribution in [0.25, 0.3) is 5.69 Å². The summed E-state index contributed by atoms with van der Waals surface area (Å²) in [5, 5.41) is 13.8. The van der Waals surface area contributed by atoms with Crippen LogP contribution in [0.15, 0.2) is 53.7 Å². The molecule has 1 amide bonds. The quantitative estimate of drug-likeness (QED) is 0.645. The molecule has 0 atom stereocenters. The van der Waals surface area contributed by atoms with Crippen LogP contribution in [-0.4, -0.2) is 51.9 Å². The van der Waals surface area contributed by atoms with E-state index < -0.39 is 15.9 Å². The monoisotopic (exact) mass is 446 g/mol. The zero-order valence-electron chi connectivity index (χ0n) is 15.9. The summed E-state index contributed by atoms with van der Waals surface area (Å²) in [6.07, 6.45) is 4.09. The molecule has 156 valence electrons. The number of nitrogens with zero attached hydrogens (tertiary/aromatic N) is 5. The highest BCUT2D eigenvalue weighted by atomic mass is 35.5. The van der Waals surface area contributed by atoms with Gasteiger partial charge in [0.05, 0.1) is 10.7 Å².